The molecule has 1 radical (unpaired) electrons. The molecule has 3 atom stereocenters. The monoisotopic (exact) mass is 152 g/mol. The summed E-state index contributed by atoms with van der Waals surface area (Å²) in [7, 11) is 0. The highest BCUT2D eigenvalue weighted by molar-refractivity contribution is 4.92. The molecule has 63 valence electrons. The van der Waals surface area contributed by atoms with Crippen molar-refractivity contribution in [2.45, 2.75) is 38.6 Å². The third kappa shape index (κ3) is 1.44. The molecule has 0 spiro atoms. The standard InChI is InChI=1S/C10H18N/c1-2-8-3-4-10-9(7-8)5-6-11-10/h2,8-11H,3-7H2,1H3. The van der Waals surface area contributed by atoms with E-state index in [-0.39, 0.29) is 0 Å². The van der Waals surface area contributed by atoms with Gasteiger partial charge in [-0.15, -0.1) is 0 Å². The van der Waals surface area contributed by atoms with Crippen molar-refractivity contribution in [2.75, 3.05) is 6.54 Å². The summed E-state index contributed by atoms with van der Waals surface area (Å²) >= 11 is 0. The Kier molecular flexibility index (Phi) is 2.17. The highest BCUT2D eigenvalue weighted by Crippen LogP contribution is 2.35. The van der Waals surface area contributed by atoms with Crippen LogP contribution in [0.5, 0.6) is 0 Å². The Bertz CT molecular complexity index is 133. The van der Waals surface area contributed by atoms with Crippen LogP contribution < -0.4 is 5.32 Å². The fraction of sp³-hybridized carbons (Fsp3) is 0.900. The van der Waals surface area contributed by atoms with Crippen molar-refractivity contribution < 1.29 is 0 Å². The van der Waals surface area contributed by atoms with E-state index in [0.717, 1.165) is 17.9 Å². The molecular weight excluding hydrogens is 134 g/mol. The molecule has 1 saturated heterocycles. The lowest BCUT2D eigenvalue weighted by molar-refractivity contribution is 0.268. The zero-order valence-corrected chi connectivity index (χ0v) is 7.34. The number of nitrogens with one attached hydrogen (secondary N) is 1. The van der Waals surface area contributed by atoms with Gasteiger partial charge in [0.25, 0.3) is 0 Å². The van der Waals surface area contributed by atoms with Gasteiger partial charge < -0.3 is 5.32 Å². The average molecular weight is 152 g/mol. The fourth-order valence-corrected chi connectivity index (χ4v) is 2.64. The van der Waals surface area contributed by atoms with Crippen LogP contribution in [0, 0.1) is 18.3 Å². The summed E-state index contributed by atoms with van der Waals surface area (Å²) < 4.78 is 0. The van der Waals surface area contributed by atoms with Crippen LogP contribution >= 0.6 is 0 Å². The summed E-state index contributed by atoms with van der Waals surface area (Å²) in [4.78, 5) is 0. The molecule has 2 rings (SSSR count). The zero-order valence-electron chi connectivity index (χ0n) is 7.34. The molecule has 0 amide bonds. The van der Waals surface area contributed by atoms with E-state index in [0.29, 0.717) is 0 Å². The van der Waals surface area contributed by atoms with Crippen LogP contribution in [-0.2, 0) is 0 Å². The lowest BCUT2D eigenvalue weighted by Crippen LogP contribution is -2.32. The first-order valence-electron chi connectivity index (χ1n) is 4.93. The fourth-order valence-electron chi connectivity index (χ4n) is 2.64. The number of rotatable bonds is 1. The molecule has 1 N–H and O–H groups in total. The first kappa shape index (κ1) is 7.60. The zero-order chi connectivity index (χ0) is 7.68. The van der Waals surface area contributed by atoms with Gasteiger partial charge >= 0.3 is 0 Å². The molecule has 3 unspecified atom stereocenters. The lowest BCUT2D eigenvalue weighted by Gasteiger charge is -2.30. The van der Waals surface area contributed by atoms with Crippen LogP contribution in [0.2, 0.25) is 0 Å². The van der Waals surface area contributed by atoms with Crippen molar-refractivity contribution in [1.82, 2.24) is 5.32 Å². The summed E-state index contributed by atoms with van der Waals surface area (Å²) in [6.07, 6.45) is 8.11. The average Bonchev–Trinajstić information content (AvgIpc) is 2.50. The van der Waals surface area contributed by atoms with Crippen LogP contribution in [0.1, 0.15) is 32.6 Å². The normalized spacial score (nSPS) is 43.9. The number of fused-ring (bicyclic) bond motifs is 1. The van der Waals surface area contributed by atoms with Crippen molar-refractivity contribution in [3.05, 3.63) is 6.42 Å². The second-order valence-electron chi connectivity index (χ2n) is 4.02. The Morgan fingerprint density at radius 3 is 3.00 bits per heavy atom. The summed E-state index contributed by atoms with van der Waals surface area (Å²) in [6.45, 7) is 3.49. The SMILES string of the molecule is C[CH]C1CCC2NCCC2C1. The third-order valence-electron chi connectivity index (χ3n) is 3.42. The van der Waals surface area contributed by atoms with Gasteiger partial charge in [-0.25, -0.2) is 0 Å². The van der Waals surface area contributed by atoms with Gasteiger partial charge in [-0.1, -0.05) is 6.92 Å². The molecule has 0 aromatic rings. The highest BCUT2D eigenvalue weighted by atomic mass is 15.0. The van der Waals surface area contributed by atoms with E-state index in [4.69, 9.17) is 0 Å². The summed E-state index contributed by atoms with van der Waals surface area (Å²) in [5.41, 5.74) is 0. The Morgan fingerprint density at radius 2 is 2.18 bits per heavy atom. The first-order valence-corrected chi connectivity index (χ1v) is 4.93. The number of hydrogen-bond acceptors (Lipinski definition) is 1. The Hall–Kier alpha value is -0.0400. The minimum absolute atomic E-state index is 0.881. The summed E-state index contributed by atoms with van der Waals surface area (Å²) in [6, 6.07) is 0.881. The van der Waals surface area contributed by atoms with Crippen molar-refractivity contribution in [3.63, 3.8) is 0 Å². The molecule has 1 saturated carbocycles. The second-order valence-corrected chi connectivity index (χ2v) is 4.02. The molecule has 2 aliphatic rings. The largest absolute Gasteiger partial charge is 0.314 e. The molecule has 0 aromatic carbocycles. The van der Waals surface area contributed by atoms with Crippen LogP contribution in [0.15, 0.2) is 0 Å². The maximum atomic E-state index is 3.59. The van der Waals surface area contributed by atoms with Crippen molar-refractivity contribution in [1.29, 1.82) is 0 Å². The predicted octanol–water partition coefficient (Wildman–Crippen LogP) is 1.99. The Balaban J connectivity index is 1.91. The van der Waals surface area contributed by atoms with Crippen molar-refractivity contribution in [2.24, 2.45) is 11.8 Å². The van der Waals surface area contributed by atoms with Gasteiger partial charge in [0, 0.05) is 6.04 Å². The molecule has 1 aliphatic heterocycles. The molecule has 0 bridgehead atoms. The van der Waals surface area contributed by atoms with Crippen molar-refractivity contribution in [3.8, 4) is 0 Å². The van der Waals surface area contributed by atoms with E-state index in [1.54, 1.807) is 0 Å². The lowest BCUT2D eigenvalue weighted by atomic mass is 9.78. The highest BCUT2D eigenvalue weighted by Gasteiger charge is 2.32. The van der Waals surface area contributed by atoms with E-state index >= 15 is 0 Å². The quantitative estimate of drug-likeness (QED) is 0.606. The third-order valence-corrected chi connectivity index (χ3v) is 3.42. The van der Waals surface area contributed by atoms with E-state index in [1.165, 1.54) is 32.2 Å². The van der Waals surface area contributed by atoms with Gasteiger partial charge in [0.2, 0.25) is 0 Å². The molecule has 2 fully saturated rings. The molecule has 1 nitrogen and oxygen atoms in total. The maximum Gasteiger partial charge on any atom is 0.00960 e. The van der Waals surface area contributed by atoms with Gasteiger partial charge in [0.15, 0.2) is 0 Å². The van der Waals surface area contributed by atoms with E-state index < -0.39 is 0 Å². The van der Waals surface area contributed by atoms with Crippen molar-refractivity contribution >= 4 is 0 Å². The second kappa shape index (κ2) is 3.14. The molecular formula is C10H18N. The van der Waals surface area contributed by atoms with Crippen LogP contribution in [0.25, 0.3) is 0 Å². The minimum Gasteiger partial charge on any atom is -0.314 e. The van der Waals surface area contributed by atoms with E-state index in [9.17, 15) is 0 Å². The van der Waals surface area contributed by atoms with E-state index in [1.807, 2.05) is 0 Å². The molecule has 0 aromatic heterocycles. The number of hydrogen-bond donors (Lipinski definition) is 1. The molecule has 1 heterocycles. The van der Waals surface area contributed by atoms with E-state index in [2.05, 4.69) is 18.7 Å². The predicted molar refractivity (Wildman–Crippen MR) is 47.2 cm³/mol. The maximum absolute atomic E-state index is 3.59. The summed E-state index contributed by atoms with van der Waals surface area (Å²) in [5, 5.41) is 3.59. The van der Waals surface area contributed by atoms with Gasteiger partial charge in [0.1, 0.15) is 0 Å². The van der Waals surface area contributed by atoms with Crippen LogP contribution in [0.4, 0.5) is 0 Å². The molecule has 11 heavy (non-hydrogen) atoms. The summed E-state index contributed by atoms with van der Waals surface area (Å²) in [5.74, 6) is 1.93. The van der Waals surface area contributed by atoms with Gasteiger partial charge in [-0.3, -0.25) is 0 Å². The smallest absolute Gasteiger partial charge is 0.00960 e. The minimum atomic E-state index is 0.881. The van der Waals surface area contributed by atoms with Gasteiger partial charge in [0.05, 0.1) is 0 Å². The van der Waals surface area contributed by atoms with Crippen LogP contribution in [0.3, 0.4) is 0 Å². The molecule has 1 heteroatoms. The molecule has 1 aliphatic carbocycles. The Morgan fingerprint density at radius 1 is 1.27 bits per heavy atom. The first-order chi connectivity index (χ1) is 5.40. The Labute approximate surface area is 69.6 Å². The van der Waals surface area contributed by atoms with Gasteiger partial charge in [-0.05, 0) is 50.5 Å². The van der Waals surface area contributed by atoms with Crippen LogP contribution in [-0.4, -0.2) is 12.6 Å². The van der Waals surface area contributed by atoms with Gasteiger partial charge in [-0.2, -0.15) is 0 Å². The topological polar surface area (TPSA) is 12.0 Å².